The number of benzene rings is 1. The molecule has 120 valence electrons. The van der Waals surface area contributed by atoms with Gasteiger partial charge >= 0.3 is 0 Å². The van der Waals surface area contributed by atoms with Crippen molar-refractivity contribution in [3.8, 4) is 11.3 Å². The summed E-state index contributed by atoms with van der Waals surface area (Å²) >= 11 is 0. The molecule has 1 aromatic heterocycles. The average molecular weight is 308 g/mol. The van der Waals surface area contributed by atoms with E-state index in [9.17, 15) is 4.79 Å². The first-order valence-electron chi connectivity index (χ1n) is 8.61. The quantitative estimate of drug-likeness (QED) is 0.907. The normalized spacial score (nSPS) is 15.3. The maximum atomic E-state index is 12.1. The predicted molar refractivity (Wildman–Crippen MR) is 93.0 cm³/mol. The first kappa shape index (κ1) is 15.7. The summed E-state index contributed by atoms with van der Waals surface area (Å²) < 4.78 is 0. The lowest BCUT2D eigenvalue weighted by molar-refractivity contribution is -0.125. The molecule has 1 fully saturated rings. The van der Waals surface area contributed by atoms with Gasteiger partial charge in [0.05, 0.1) is 5.69 Å². The molecule has 0 bridgehead atoms. The minimum absolute atomic E-state index is 0.235. The molecular formula is C20H24N2O. The standard InChI is InChI=1S/C20H24N2O/c23-20(18-9-5-2-6-10-18)21-14-13-16-11-12-19(22-15-16)17-7-3-1-4-8-17/h1,3-4,7-8,11-12,15,18H,2,5-6,9-10,13-14H2,(H,21,23). The minimum atomic E-state index is 0.235. The van der Waals surface area contributed by atoms with E-state index in [2.05, 4.69) is 28.5 Å². The number of nitrogens with zero attached hydrogens (tertiary/aromatic N) is 1. The van der Waals surface area contributed by atoms with Gasteiger partial charge in [0.2, 0.25) is 5.91 Å². The van der Waals surface area contributed by atoms with Crippen molar-refractivity contribution in [2.24, 2.45) is 5.92 Å². The van der Waals surface area contributed by atoms with Crippen molar-refractivity contribution < 1.29 is 4.79 Å². The van der Waals surface area contributed by atoms with E-state index in [-0.39, 0.29) is 11.8 Å². The van der Waals surface area contributed by atoms with Crippen molar-refractivity contribution in [1.29, 1.82) is 0 Å². The van der Waals surface area contributed by atoms with Crippen LogP contribution in [-0.4, -0.2) is 17.4 Å². The molecule has 3 heteroatoms. The molecule has 1 saturated carbocycles. The summed E-state index contributed by atoms with van der Waals surface area (Å²) in [6.45, 7) is 0.696. The number of aromatic nitrogens is 1. The van der Waals surface area contributed by atoms with E-state index in [0.29, 0.717) is 6.54 Å². The molecule has 1 aliphatic carbocycles. The Bertz CT molecular complexity index is 616. The van der Waals surface area contributed by atoms with Crippen LogP contribution in [0.25, 0.3) is 11.3 Å². The van der Waals surface area contributed by atoms with Gasteiger partial charge in [-0.2, -0.15) is 0 Å². The topological polar surface area (TPSA) is 42.0 Å². The molecule has 1 heterocycles. The Labute approximate surface area is 138 Å². The number of rotatable bonds is 5. The van der Waals surface area contributed by atoms with Gasteiger partial charge in [-0.25, -0.2) is 0 Å². The maximum Gasteiger partial charge on any atom is 0.223 e. The summed E-state index contributed by atoms with van der Waals surface area (Å²) in [5.74, 6) is 0.473. The van der Waals surface area contributed by atoms with Gasteiger partial charge in [-0.3, -0.25) is 9.78 Å². The van der Waals surface area contributed by atoms with Crippen LogP contribution in [0.3, 0.4) is 0 Å². The van der Waals surface area contributed by atoms with Crippen LogP contribution in [0.5, 0.6) is 0 Å². The summed E-state index contributed by atoms with van der Waals surface area (Å²) in [4.78, 5) is 16.6. The Hall–Kier alpha value is -2.16. The largest absolute Gasteiger partial charge is 0.356 e. The molecule has 1 aliphatic rings. The number of nitrogens with one attached hydrogen (secondary N) is 1. The van der Waals surface area contributed by atoms with E-state index in [1.807, 2.05) is 30.5 Å². The second kappa shape index (κ2) is 7.91. The van der Waals surface area contributed by atoms with Crippen molar-refractivity contribution in [3.63, 3.8) is 0 Å². The molecule has 3 nitrogen and oxygen atoms in total. The van der Waals surface area contributed by atoms with Gasteiger partial charge in [0.15, 0.2) is 0 Å². The van der Waals surface area contributed by atoms with E-state index in [1.165, 1.54) is 19.3 Å². The van der Waals surface area contributed by atoms with E-state index in [4.69, 9.17) is 0 Å². The fourth-order valence-electron chi connectivity index (χ4n) is 3.19. The molecular weight excluding hydrogens is 284 g/mol. The summed E-state index contributed by atoms with van der Waals surface area (Å²) in [5, 5.41) is 3.08. The maximum absolute atomic E-state index is 12.1. The third-order valence-corrected chi connectivity index (χ3v) is 4.58. The molecule has 1 N–H and O–H groups in total. The summed E-state index contributed by atoms with van der Waals surface area (Å²) in [6.07, 6.45) is 8.53. The first-order valence-corrected chi connectivity index (χ1v) is 8.61. The summed E-state index contributed by atoms with van der Waals surface area (Å²) in [5.41, 5.74) is 3.28. The fraction of sp³-hybridized carbons (Fsp3) is 0.400. The van der Waals surface area contributed by atoms with Gasteiger partial charge in [0.1, 0.15) is 0 Å². The number of hydrogen-bond acceptors (Lipinski definition) is 2. The van der Waals surface area contributed by atoms with Crippen LogP contribution in [0.15, 0.2) is 48.7 Å². The van der Waals surface area contributed by atoms with E-state index < -0.39 is 0 Å². The highest BCUT2D eigenvalue weighted by Crippen LogP contribution is 2.23. The van der Waals surface area contributed by atoms with Crippen LogP contribution in [0.2, 0.25) is 0 Å². The van der Waals surface area contributed by atoms with Crippen LogP contribution >= 0.6 is 0 Å². The zero-order chi connectivity index (χ0) is 15.9. The zero-order valence-electron chi connectivity index (χ0n) is 13.5. The summed E-state index contributed by atoms with van der Waals surface area (Å²) in [6, 6.07) is 14.3. The van der Waals surface area contributed by atoms with Gasteiger partial charge in [-0.15, -0.1) is 0 Å². The molecule has 2 aromatic rings. The Morgan fingerprint density at radius 2 is 1.83 bits per heavy atom. The summed E-state index contributed by atoms with van der Waals surface area (Å²) in [7, 11) is 0. The van der Waals surface area contributed by atoms with Crippen molar-refractivity contribution in [2.45, 2.75) is 38.5 Å². The van der Waals surface area contributed by atoms with Crippen molar-refractivity contribution in [3.05, 3.63) is 54.2 Å². The van der Waals surface area contributed by atoms with Crippen LogP contribution in [0.1, 0.15) is 37.7 Å². The van der Waals surface area contributed by atoms with Crippen molar-refractivity contribution in [2.75, 3.05) is 6.54 Å². The molecule has 0 unspecified atom stereocenters. The second-order valence-corrected chi connectivity index (χ2v) is 6.29. The van der Waals surface area contributed by atoms with Crippen LogP contribution in [0.4, 0.5) is 0 Å². The van der Waals surface area contributed by atoms with Crippen molar-refractivity contribution in [1.82, 2.24) is 10.3 Å². The van der Waals surface area contributed by atoms with Crippen LogP contribution in [-0.2, 0) is 11.2 Å². The van der Waals surface area contributed by atoms with Gasteiger partial charge in [-0.05, 0) is 30.9 Å². The highest BCUT2D eigenvalue weighted by atomic mass is 16.1. The predicted octanol–water partition coefficient (Wildman–Crippen LogP) is 3.99. The molecule has 0 spiro atoms. The molecule has 23 heavy (non-hydrogen) atoms. The van der Waals surface area contributed by atoms with Gasteiger partial charge < -0.3 is 5.32 Å². The van der Waals surface area contributed by atoms with Crippen LogP contribution < -0.4 is 5.32 Å². The monoisotopic (exact) mass is 308 g/mol. The Morgan fingerprint density at radius 1 is 1.04 bits per heavy atom. The fourth-order valence-corrected chi connectivity index (χ4v) is 3.19. The van der Waals surface area contributed by atoms with E-state index in [0.717, 1.165) is 36.1 Å². The number of amides is 1. The number of pyridine rings is 1. The molecule has 0 aliphatic heterocycles. The van der Waals surface area contributed by atoms with Gasteiger partial charge in [0.25, 0.3) is 0 Å². The van der Waals surface area contributed by atoms with Gasteiger partial charge in [-0.1, -0.05) is 55.7 Å². The zero-order valence-corrected chi connectivity index (χ0v) is 13.5. The molecule has 0 saturated heterocycles. The highest BCUT2D eigenvalue weighted by Gasteiger charge is 2.20. The molecule has 1 amide bonds. The lowest BCUT2D eigenvalue weighted by Gasteiger charge is -2.20. The van der Waals surface area contributed by atoms with Crippen LogP contribution in [0, 0.1) is 5.92 Å². The SMILES string of the molecule is O=C(NCCc1ccc(-c2ccccc2)nc1)C1CCCCC1. The third kappa shape index (κ3) is 4.41. The first-order chi connectivity index (χ1) is 11.3. The second-order valence-electron chi connectivity index (χ2n) is 6.29. The van der Waals surface area contributed by atoms with E-state index >= 15 is 0 Å². The number of carbonyl (C=O) groups excluding carboxylic acids is 1. The van der Waals surface area contributed by atoms with Crippen molar-refractivity contribution >= 4 is 5.91 Å². The van der Waals surface area contributed by atoms with Gasteiger partial charge in [0, 0.05) is 24.2 Å². The lowest BCUT2D eigenvalue weighted by Crippen LogP contribution is -2.33. The Balaban J connectivity index is 1.48. The third-order valence-electron chi connectivity index (χ3n) is 4.58. The molecule has 3 rings (SSSR count). The Kier molecular flexibility index (Phi) is 5.41. The minimum Gasteiger partial charge on any atom is -0.356 e. The smallest absolute Gasteiger partial charge is 0.223 e. The molecule has 1 aromatic carbocycles. The highest BCUT2D eigenvalue weighted by molar-refractivity contribution is 5.78. The number of hydrogen-bond donors (Lipinski definition) is 1. The molecule has 0 radical (unpaired) electrons. The van der Waals surface area contributed by atoms with E-state index in [1.54, 1.807) is 0 Å². The number of carbonyl (C=O) groups is 1. The average Bonchev–Trinajstić information content (AvgIpc) is 2.64. The Morgan fingerprint density at radius 3 is 2.52 bits per heavy atom. The molecule has 0 atom stereocenters. The lowest BCUT2D eigenvalue weighted by atomic mass is 9.88.